The van der Waals surface area contributed by atoms with Crippen molar-refractivity contribution in [2.45, 2.75) is 12.2 Å². The summed E-state index contributed by atoms with van der Waals surface area (Å²) in [5.74, 6) is 0.127. The van der Waals surface area contributed by atoms with Gasteiger partial charge < -0.3 is 14.8 Å². The highest BCUT2D eigenvalue weighted by molar-refractivity contribution is 8.14. The minimum Gasteiger partial charge on any atom is -0.361 e. The van der Waals surface area contributed by atoms with Crippen molar-refractivity contribution in [3.05, 3.63) is 36.0 Å². The Balaban J connectivity index is 1.42. The summed E-state index contributed by atoms with van der Waals surface area (Å²) < 4.78 is 0. The zero-order valence-corrected chi connectivity index (χ0v) is 14.0. The number of piperazine rings is 1. The van der Waals surface area contributed by atoms with Gasteiger partial charge in [-0.1, -0.05) is 18.7 Å². The zero-order valence-electron chi connectivity index (χ0n) is 13.2. The first kappa shape index (κ1) is 14.6. The molecular formula is C17H20N4OS. The fraction of sp³-hybridized carbons (Fsp3) is 0.412. The summed E-state index contributed by atoms with van der Waals surface area (Å²) in [6.45, 7) is 6.39. The first-order chi connectivity index (χ1) is 11.2. The van der Waals surface area contributed by atoms with E-state index in [1.165, 1.54) is 0 Å². The molecule has 1 amide bonds. The molecule has 1 saturated heterocycles. The molecule has 1 aromatic carbocycles. The lowest BCUT2D eigenvalue weighted by atomic mass is 10.1. The molecule has 2 aliphatic heterocycles. The molecule has 120 valence electrons. The number of thioether (sulfide) groups is 1. The second-order valence-electron chi connectivity index (χ2n) is 6.11. The number of hydrogen-bond acceptors (Lipinski definition) is 4. The van der Waals surface area contributed by atoms with Gasteiger partial charge in [0.15, 0.2) is 5.17 Å². The van der Waals surface area contributed by atoms with Crippen LogP contribution in [0.25, 0.3) is 10.9 Å². The maximum absolute atomic E-state index is 12.7. The average Bonchev–Trinajstić information content (AvgIpc) is 3.22. The van der Waals surface area contributed by atoms with Crippen LogP contribution >= 0.6 is 11.8 Å². The number of aromatic nitrogens is 1. The van der Waals surface area contributed by atoms with Crippen molar-refractivity contribution < 1.29 is 4.79 Å². The fourth-order valence-corrected chi connectivity index (χ4v) is 4.10. The van der Waals surface area contributed by atoms with Gasteiger partial charge in [-0.05, 0) is 24.3 Å². The largest absolute Gasteiger partial charge is 0.361 e. The Morgan fingerprint density at radius 3 is 2.83 bits per heavy atom. The van der Waals surface area contributed by atoms with Crippen LogP contribution in [0.4, 0.5) is 0 Å². The second-order valence-corrected chi connectivity index (χ2v) is 7.52. The van der Waals surface area contributed by atoms with Gasteiger partial charge in [0.05, 0.1) is 6.54 Å². The van der Waals surface area contributed by atoms with Crippen LogP contribution in [0.2, 0.25) is 0 Å². The number of carbonyl (C=O) groups excluding carboxylic acids is 1. The number of nitrogens with zero attached hydrogens (tertiary/aromatic N) is 3. The van der Waals surface area contributed by atoms with Crippen LogP contribution in [-0.4, -0.2) is 63.8 Å². The lowest BCUT2D eigenvalue weighted by molar-refractivity contribution is 0.0694. The number of rotatable bonds is 1. The monoisotopic (exact) mass is 328 g/mol. The van der Waals surface area contributed by atoms with Crippen LogP contribution < -0.4 is 0 Å². The SMILES string of the molecule is C[C@@H]1CN=C(N2CCN(C(=O)c3ccc4[nH]ccc4c3)CC2)S1. The molecule has 6 heteroatoms. The van der Waals surface area contributed by atoms with Crippen molar-refractivity contribution in [1.82, 2.24) is 14.8 Å². The van der Waals surface area contributed by atoms with Crippen LogP contribution in [0.15, 0.2) is 35.5 Å². The van der Waals surface area contributed by atoms with Crippen LogP contribution in [0.3, 0.4) is 0 Å². The summed E-state index contributed by atoms with van der Waals surface area (Å²) in [5, 5.41) is 2.82. The molecule has 0 unspecified atom stereocenters. The fourth-order valence-electron chi connectivity index (χ4n) is 3.11. The van der Waals surface area contributed by atoms with E-state index in [1.54, 1.807) is 0 Å². The van der Waals surface area contributed by atoms with Crippen molar-refractivity contribution in [3.63, 3.8) is 0 Å². The highest BCUT2D eigenvalue weighted by Crippen LogP contribution is 2.24. The maximum atomic E-state index is 12.7. The summed E-state index contributed by atoms with van der Waals surface area (Å²) in [5.41, 5.74) is 1.84. The second kappa shape index (κ2) is 5.92. The van der Waals surface area contributed by atoms with Crippen LogP contribution in [0, 0.1) is 0 Å². The van der Waals surface area contributed by atoms with E-state index in [4.69, 9.17) is 0 Å². The van der Waals surface area contributed by atoms with E-state index in [0.717, 1.165) is 54.4 Å². The van der Waals surface area contributed by atoms with Crippen molar-refractivity contribution in [1.29, 1.82) is 0 Å². The van der Waals surface area contributed by atoms with Gasteiger partial charge in [-0.15, -0.1) is 0 Å². The third-order valence-corrected chi connectivity index (χ3v) is 5.58. The normalized spacial score (nSPS) is 21.8. The molecule has 1 aromatic heterocycles. The number of amidine groups is 1. The third-order valence-electron chi connectivity index (χ3n) is 4.43. The van der Waals surface area contributed by atoms with E-state index in [9.17, 15) is 4.79 Å². The van der Waals surface area contributed by atoms with Crippen molar-refractivity contribution in [2.75, 3.05) is 32.7 Å². The lowest BCUT2D eigenvalue weighted by Crippen LogP contribution is -2.49. The summed E-state index contributed by atoms with van der Waals surface area (Å²) in [6, 6.07) is 7.86. The van der Waals surface area contributed by atoms with Crippen LogP contribution in [-0.2, 0) is 0 Å². The van der Waals surface area contributed by atoms with E-state index in [-0.39, 0.29) is 5.91 Å². The quantitative estimate of drug-likeness (QED) is 0.875. The maximum Gasteiger partial charge on any atom is 0.253 e. The molecule has 1 atom stereocenters. The summed E-state index contributed by atoms with van der Waals surface area (Å²) >= 11 is 1.85. The van der Waals surface area contributed by atoms with Gasteiger partial charge in [0.1, 0.15) is 0 Å². The highest BCUT2D eigenvalue weighted by Gasteiger charge is 2.27. The third kappa shape index (κ3) is 2.83. The number of carbonyl (C=O) groups is 1. The Kier molecular flexibility index (Phi) is 3.77. The predicted molar refractivity (Wildman–Crippen MR) is 95.1 cm³/mol. The van der Waals surface area contributed by atoms with E-state index in [0.29, 0.717) is 5.25 Å². The molecule has 2 aromatic rings. The molecule has 4 rings (SSSR count). The number of H-pyrrole nitrogens is 1. The Morgan fingerprint density at radius 2 is 2.09 bits per heavy atom. The standard InChI is InChI=1S/C17H20N4OS/c1-12-11-19-17(23-12)21-8-6-20(7-9-21)16(22)14-2-3-15-13(10-14)4-5-18-15/h2-5,10,12,18H,6-9,11H2,1H3/t12-/m1/s1. The zero-order chi connectivity index (χ0) is 15.8. The Bertz CT molecular complexity index is 761. The molecule has 0 bridgehead atoms. The van der Waals surface area contributed by atoms with Gasteiger partial charge in [-0.2, -0.15) is 0 Å². The minimum absolute atomic E-state index is 0.127. The van der Waals surface area contributed by atoms with Crippen LogP contribution in [0.1, 0.15) is 17.3 Å². The first-order valence-corrected chi connectivity index (χ1v) is 8.91. The molecule has 2 aliphatic rings. The van der Waals surface area contributed by atoms with Gasteiger partial charge >= 0.3 is 0 Å². The average molecular weight is 328 g/mol. The first-order valence-electron chi connectivity index (χ1n) is 8.03. The molecule has 0 spiro atoms. The van der Waals surface area contributed by atoms with Crippen LogP contribution in [0.5, 0.6) is 0 Å². The molecule has 1 N–H and O–H groups in total. The smallest absolute Gasteiger partial charge is 0.253 e. The topological polar surface area (TPSA) is 51.7 Å². The van der Waals surface area contributed by atoms with E-state index < -0.39 is 0 Å². The number of nitrogens with one attached hydrogen (secondary N) is 1. The molecule has 0 aliphatic carbocycles. The van der Waals surface area contributed by atoms with Gasteiger partial charge in [-0.25, -0.2) is 0 Å². The Labute approximate surface area is 139 Å². The predicted octanol–water partition coefficient (Wildman–Crippen LogP) is 2.42. The molecular weight excluding hydrogens is 308 g/mol. The molecule has 3 heterocycles. The number of aliphatic imine (C=N–C) groups is 1. The molecule has 5 nitrogen and oxygen atoms in total. The Hall–Kier alpha value is -1.95. The van der Waals surface area contributed by atoms with Gasteiger partial charge in [0.25, 0.3) is 5.91 Å². The number of benzene rings is 1. The highest BCUT2D eigenvalue weighted by atomic mass is 32.2. The number of amides is 1. The Morgan fingerprint density at radius 1 is 1.26 bits per heavy atom. The number of hydrogen-bond donors (Lipinski definition) is 1. The van der Waals surface area contributed by atoms with Crippen molar-refractivity contribution >= 4 is 33.7 Å². The van der Waals surface area contributed by atoms with E-state index >= 15 is 0 Å². The molecule has 0 saturated carbocycles. The van der Waals surface area contributed by atoms with Gasteiger partial charge in [0.2, 0.25) is 0 Å². The van der Waals surface area contributed by atoms with Crippen molar-refractivity contribution in [3.8, 4) is 0 Å². The minimum atomic E-state index is 0.127. The van der Waals surface area contributed by atoms with Gasteiger partial charge in [-0.3, -0.25) is 9.79 Å². The number of fused-ring (bicyclic) bond motifs is 1. The molecule has 1 fully saturated rings. The van der Waals surface area contributed by atoms with E-state index in [2.05, 4.69) is 21.8 Å². The summed E-state index contributed by atoms with van der Waals surface area (Å²) in [6.07, 6.45) is 1.90. The van der Waals surface area contributed by atoms with E-state index in [1.807, 2.05) is 47.1 Å². The molecule has 0 radical (unpaired) electrons. The van der Waals surface area contributed by atoms with Gasteiger partial charge in [0, 0.05) is 54.1 Å². The summed E-state index contributed by atoms with van der Waals surface area (Å²) in [4.78, 5) is 24.7. The number of aromatic amines is 1. The van der Waals surface area contributed by atoms with Crippen molar-refractivity contribution in [2.24, 2.45) is 4.99 Å². The lowest BCUT2D eigenvalue weighted by Gasteiger charge is -2.35. The molecule has 23 heavy (non-hydrogen) atoms. The summed E-state index contributed by atoms with van der Waals surface area (Å²) in [7, 11) is 0.